The Kier molecular flexibility index (Phi) is 7.49. The highest BCUT2D eigenvalue weighted by atomic mass is 16.3. The summed E-state index contributed by atoms with van der Waals surface area (Å²) in [7, 11) is 0. The van der Waals surface area contributed by atoms with Gasteiger partial charge >= 0.3 is 0 Å². The third kappa shape index (κ3) is 6.36. The first kappa shape index (κ1) is 14.9. The van der Waals surface area contributed by atoms with Crippen LogP contribution in [0.4, 0.5) is 0 Å². The second-order valence-corrected chi connectivity index (χ2v) is 3.81. The summed E-state index contributed by atoms with van der Waals surface area (Å²) in [5, 5.41) is 11.4. The summed E-state index contributed by atoms with van der Waals surface area (Å²) in [4.78, 5) is 21.9. The average Bonchev–Trinajstić information content (AvgIpc) is 2.22. The van der Waals surface area contributed by atoms with E-state index >= 15 is 0 Å². The molecule has 0 radical (unpaired) electrons. The van der Waals surface area contributed by atoms with E-state index in [9.17, 15) is 9.59 Å². The molecule has 16 heavy (non-hydrogen) atoms. The lowest BCUT2D eigenvalue weighted by atomic mass is 10.0. The third-order valence-electron chi connectivity index (χ3n) is 2.44. The summed E-state index contributed by atoms with van der Waals surface area (Å²) in [5.41, 5.74) is 10.4. The number of rotatable bonds is 8. The van der Waals surface area contributed by atoms with Crippen molar-refractivity contribution in [2.75, 3.05) is 13.2 Å². The Hall–Kier alpha value is -1.14. The Bertz CT molecular complexity index is 233. The normalized spacial score (nSPS) is 14.2. The van der Waals surface area contributed by atoms with Crippen molar-refractivity contribution in [3.05, 3.63) is 0 Å². The molecule has 0 heterocycles. The molecule has 0 rings (SSSR count). The van der Waals surface area contributed by atoms with Crippen molar-refractivity contribution in [2.45, 2.75) is 32.2 Å². The SMILES string of the molecule is CCC(CCO)CNC(=O)C(N)CC(N)=O. The predicted molar refractivity (Wildman–Crippen MR) is 60.3 cm³/mol. The van der Waals surface area contributed by atoms with E-state index in [1.807, 2.05) is 6.92 Å². The third-order valence-corrected chi connectivity index (χ3v) is 2.44. The van der Waals surface area contributed by atoms with Gasteiger partial charge in [0.25, 0.3) is 0 Å². The van der Waals surface area contributed by atoms with Crippen LogP contribution in [0, 0.1) is 5.92 Å². The van der Waals surface area contributed by atoms with Gasteiger partial charge in [-0.05, 0) is 12.3 Å². The first-order chi connectivity index (χ1) is 7.51. The molecule has 0 spiro atoms. The van der Waals surface area contributed by atoms with Crippen molar-refractivity contribution >= 4 is 11.8 Å². The monoisotopic (exact) mass is 231 g/mol. The summed E-state index contributed by atoms with van der Waals surface area (Å²) in [5.74, 6) is -0.741. The standard InChI is InChI=1S/C10H21N3O3/c1-2-7(3-4-14)6-13-10(16)8(11)5-9(12)15/h7-8,14H,2-6,11H2,1H3,(H2,12,15)(H,13,16). The smallest absolute Gasteiger partial charge is 0.237 e. The summed E-state index contributed by atoms with van der Waals surface area (Å²) in [6.45, 7) is 2.54. The van der Waals surface area contributed by atoms with Crippen molar-refractivity contribution in [1.82, 2.24) is 5.32 Å². The van der Waals surface area contributed by atoms with Crippen LogP contribution in [0.3, 0.4) is 0 Å². The zero-order valence-electron chi connectivity index (χ0n) is 9.61. The van der Waals surface area contributed by atoms with Crippen molar-refractivity contribution in [3.63, 3.8) is 0 Å². The summed E-state index contributed by atoms with van der Waals surface area (Å²) < 4.78 is 0. The number of primary amides is 1. The van der Waals surface area contributed by atoms with E-state index in [1.54, 1.807) is 0 Å². The molecule has 0 bridgehead atoms. The molecule has 6 nitrogen and oxygen atoms in total. The van der Waals surface area contributed by atoms with Crippen LogP contribution in [0.5, 0.6) is 0 Å². The van der Waals surface area contributed by atoms with E-state index < -0.39 is 11.9 Å². The Morgan fingerprint density at radius 2 is 2.06 bits per heavy atom. The van der Waals surface area contributed by atoms with Gasteiger partial charge in [-0.25, -0.2) is 0 Å². The van der Waals surface area contributed by atoms with Crippen LogP contribution >= 0.6 is 0 Å². The predicted octanol–water partition coefficient (Wildman–Crippen LogP) is -1.29. The van der Waals surface area contributed by atoms with Gasteiger partial charge < -0.3 is 21.9 Å². The summed E-state index contributed by atoms with van der Waals surface area (Å²) in [6, 6.07) is -0.885. The lowest BCUT2D eigenvalue weighted by Gasteiger charge is -2.16. The molecule has 6 N–H and O–H groups in total. The number of carbonyl (C=O) groups excluding carboxylic acids is 2. The van der Waals surface area contributed by atoms with Gasteiger partial charge in [-0.3, -0.25) is 9.59 Å². The van der Waals surface area contributed by atoms with E-state index in [4.69, 9.17) is 16.6 Å². The maximum absolute atomic E-state index is 11.4. The van der Waals surface area contributed by atoms with Crippen LogP contribution in [0.1, 0.15) is 26.2 Å². The highest BCUT2D eigenvalue weighted by molar-refractivity contribution is 5.87. The molecule has 2 unspecified atom stereocenters. The first-order valence-electron chi connectivity index (χ1n) is 5.43. The second-order valence-electron chi connectivity index (χ2n) is 3.81. The Morgan fingerprint density at radius 3 is 2.50 bits per heavy atom. The van der Waals surface area contributed by atoms with Gasteiger partial charge in [-0.2, -0.15) is 0 Å². The molecule has 0 fully saturated rings. The number of carbonyl (C=O) groups is 2. The van der Waals surface area contributed by atoms with E-state index in [0.717, 1.165) is 6.42 Å². The van der Waals surface area contributed by atoms with Gasteiger partial charge in [0.15, 0.2) is 0 Å². The van der Waals surface area contributed by atoms with Crippen LogP contribution in [0.2, 0.25) is 0 Å². The van der Waals surface area contributed by atoms with E-state index in [0.29, 0.717) is 13.0 Å². The van der Waals surface area contributed by atoms with Crippen molar-refractivity contribution in [1.29, 1.82) is 0 Å². The van der Waals surface area contributed by atoms with Crippen LogP contribution in [0.15, 0.2) is 0 Å². The number of aliphatic hydroxyl groups excluding tert-OH is 1. The number of nitrogens with two attached hydrogens (primary N) is 2. The van der Waals surface area contributed by atoms with Crippen LogP contribution in [0.25, 0.3) is 0 Å². The Labute approximate surface area is 95.4 Å². The Morgan fingerprint density at radius 1 is 1.44 bits per heavy atom. The Balaban J connectivity index is 3.90. The molecule has 0 aromatic carbocycles. The number of amides is 2. The van der Waals surface area contributed by atoms with Crippen LogP contribution in [-0.4, -0.2) is 36.1 Å². The molecule has 0 saturated carbocycles. The fourth-order valence-corrected chi connectivity index (χ4v) is 1.32. The minimum absolute atomic E-state index is 0.0989. The minimum atomic E-state index is -0.885. The van der Waals surface area contributed by atoms with Gasteiger partial charge in [0, 0.05) is 13.2 Å². The number of aliphatic hydroxyl groups is 1. The molecule has 0 aliphatic carbocycles. The molecule has 94 valence electrons. The fraction of sp³-hybridized carbons (Fsp3) is 0.800. The number of nitrogens with one attached hydrogen (secondary N) is 1. The lowest BCUT2D eigenvalue weighted by Crippen LogP contribution is -2.44. The summed E-state index contributed by atoms with van der Waals surface area (Å²) >= 11 is 0. The molecular weight excluding hydrogens is 210 g/mol. The van der Waals surface area contributed by atoms with E-state index in [-0.39, 0.29) is 24.9 Å². The fourth-order valence-electron chi connectivity index (χ4n) is 1.32. The quantitative estimate of drug-likeness (QED) is 0.416. The van der Waals surface area contributed by atoms with Gasteiger partial charge in [0.2, 0.25) is 11.8 Å². The van der Waals surface area contributed by atoms with Gasteiger partial charge in [0.05, 0.1) is 12.5 Å². The maximum Gasteiger partial charge on any atom is 0.237 e. The zero-order chi connectivity index (χ0) is 12.6. The second kappa shape index (κ2) is 8.06. The van der Waals surface area contributed by atoms with Crippen molar-refractivity contribution in [3.8, 4) is 0 Å². The molecule has 6 heteroatoms. The van der Waals surface area contributed by atoms with Crippen LogP contribution < -0.4 is 16.8 Å². The van der Waals surface area contributed by atoms with Crippen molar-refractivity contribution < 1.29 is 14.7 Å². The highest BCUT2D eigenvalue weighted by Gasteiger charge is 2.16. The van der Waals surface area contributed by atoms with Crippen molar-refractivity contribution in [2.24, 2.45) is 17.4 Å². The first-order valence-corrected chi connectivity index (χ1v) is 5.43. The molecule has 0 aromatic heterocycles. The molecule has 0 aromatic rings. The van der Waals surface area contributed by atoms with Gasteiger partial charge in [-0.15, -0.1) is 0 Å². The number of hydrogen-bond acceptors (Lipinski definition) is 4. The summed E-state index contributed by atoms with van der Waals surface area (Å²) in [6.07, 6.45) is 1.36. The topological polar surface area (TPSA) is 118 Å². The van der Waals surface area contributed by atoms with Gasteiger partial charge in [0.1, 0.15) is 0 Å². The van der Waals surface area contributed by atoms with Gasteiger partial charge in [-0.1, -0.05) is 13.3 Å². The maximum atomic E-state index is 11.4. The lowest BCUT2D eigenvalue weighted by molar-refractivity contribution is -0.126. The van der Waals surface area contributed by atoms with Crippen LogP contribution in [-0.2, 0) is 9.59 Å². The molecule has 2 amide bonds. The zero-order valence-corrected chi connectivity index (χ0v) is 9.61. The molecule has 0 aliphatic rings. The molecule has 2 atom stereocenters. The highest BCUT2D eigenvalue weighted by Crippen LogP contribution is 2.05. The molecule has 0 aliphatic heterocycles. The molecular formula is C10H21N3O3. The molecule has 0 saturated heterocycles. The largest absolute Gasteiger partial charge is 0.396 e. The number of hydrogen-bond donors (Lipinski definition) is 4. The minimum Gasteiger partial charge on any atom is -0.396 e. The van der Waals surface area contributed by atoms with E-state index in [1.165, 1.54) is 0 Å². The van der Waals surface area contributed by atoms with E-state index in [2.05, 4.69) is 5.32 Å². The average molecular weight is 231 g/mol.